The second-order valence-electron chi connectivity index (χ2n) is 7.49. The predicted octanol–water partition coefficient (Wildman–Crippen LogP) is 2.45. The lowest BCUT2D eigenvalue weighted by Crippen LogP contribution is -2.42. The van der Waals surface area contributed by atoms with Crippen LogP contribution in [0, 0.1) is 11.3 Å². The molecule has 0 radical (unpaired) electrons. The van der Waals surface area contributed by atoms with Gasteiger partial charge < -0.3 is 10.6 Å². The summed E-state index contributed by atoms with van der Waals surface area (Å²) in [4.78, 5) is 38.9. The average Bonchev–Trinajstić information content (AvgIpc) is 3.27. The van der Waals surface area contributed by atoms with E-state index < -0.39 is 29.9 Å². The molecule has 1 aliphatic heterocycles. The van der Waals surface area contributed by atoms with Gasteiger partial charge in [-0.3, -0.25) is 14.5 Å². The maximum atomic E-state index is 13.1. The molecule has 146 valence electrons. The molecule has 1 atom stereocenters. The SMILES string of the molecule is C[C@]1(c2ccc3c(c2)CCC3)NC(=O)N(CC(=O)Nc2ccccc2C#N)C1=O. The highest BCUT2D eigenvalue weighted by Gasteiger charge is 2.49. The second-order valence-corrected chi connectivity index (χ2v) is 7.49. The van der Waals surface area contributed by atoms with Crippen molar-refractivity contribution < 1.29 is 14.4 Å². The quantitative estimate of drug-likeness (QED) is 0.786. The van der Waals surface area contributed by atoms with Crippen LogP contribution in [-0.4, -0.2) is 29.3 Å². The predicted molar refractivity (Wildman–Crippen MR) is 106 cm³/mol. The fraction of sp³-hybridized carbons (Fsp3) is 0.273. The Morgan fingerprint density at radius 3 is 2.76 bits per heavy atom. The third kappa shape index (κ3) is 3.23. The Balaban J connectivity index is 1.52. The van der Waals surface area contributed by atoms with Crippen molar-refractivity contribution in [3.63, 3.8) is 0 Å². The number of nitrogens with zero attached hydrogens (tertiary/aromatic N) is 2. The topological polar surface area (TPSA) is 102 Å². The standard InChI is InChI=1S/C22H20N4O3/c1-22(17-10-9-14-6-4-7-15(14)11-17)20(28)26(21(29)25-22)13-19(27)24-18-8-3-2-5-16(18)12-23/h2-3,5,8-11H,4,6-7,13H2,1H3,(H,24,27)(H,25,29)/t22-/m1/s1. The van der Waals surface area contributed by atoms with E-state index in [0.717, 1.165) is 24.2 Å². The van der Waals surface area contributed by atoms with Crippen LogP contribution in [0.25, 0.3) is 0 Å². The van der Waals surface area contributed by atoms with Crippen molar-refractivity contribution in [3.8, 4) is 6.07 Å². The lowest BCUT2D eigenvalue weighted by molar-refractivity contribution is -0.133. The van der Waals surface area contributed by atoms with E-state index in [1.165, 1.54) is 11.1 Å². The molecule has 0 spiro atoms. The zero-order valence-electron chi connectivity index (χ0n) is 16.0. The van der Waals surface area contributed by atoms with Crippen LogP contribution in [0.2, 0.25) is 0 Å². The number of nitriles is 1. The molecule has 4 amide bonds. The van der Waals surface area contributed by atoms with Gasteiger partial charge in [0.15, 0.2) is 0 Å². The summed E-state index contributed by atoms with van der Waals surface area (Å²) in [5.41, 5.74) is 2.64. The number of hydrogen-bond donors (Lipinski definition) is 2. The molecule has 2 N–H and O–H groups in total. The number of para-hydroxylation sites is 1. The van der Waals surface area contributed by atoms with Crippen molar-refractivity contribution in [3.05, 3.63) is 64.7 Å². The summed E-state index contributed by atoms with van der Waals surface area (Å²) in [6.45, 7) is 1.23. The highest BCUT2D eigenvalue weighted by Crippen LogP contribution is 2.32. The van der Waals surface area contributed by atoms with Crippen LogP contribution in [0.1, 0.15) is 35.6 Å². The van der Waals surface area contributed by atoms with E-state index in [4.69, 9.17) is 5.26 Å². The molecule has 0 bridgehead atoms. The van der Waals surface area contributed by atoms with E-state index >= 15 is 0 Å². The third-order valence-corrected chi connectivity index (χ3v) is 5.57. The van der Waals surface area contributed by atoms with Crippen molar-refractivity contribution in [2.75, 3.05) is 11.9 Å². The van der Waals surface area contributed by atoms with Gasteiger partial charge in [0, 0.05) is 0 Å². The van der Waals surface area contributed by atoms with E-state index in [9.17, 15) is 14.4 Å². The number of benzene rings is 2. The number of nitrogens with one attached hydrogen (secondary N) is 2. The van der Waals surface area contributed by atoms with Crippen molar-refractivity contribution in [2.45, 2.75) is 31.7 Å². The number of hydrogen-bond acceptors (Lipinski definition) is 4. The smallest absolute Gasteiger partial charge is 0.323 e. The van der Waals surface area contributed by atoms with Gasteiger partial charge in [0.2, 0.25) is 5.91 Å². The lowest BCUT2D eigenvalue weighted by atomic mass is 9.89. The van der Waals surface area contributed by atoms with Crippen molar-refractivity contribution in [2.24, 2.45) is 0 Å². The normalized spacial score (nSPS) is 20.2. The molecule has 1 saturated heterocycles. The van der Waals surface area contributed by atoms with E-state index in [-0.39, 0.29) is 0 Å². The molecule has 2 aliphatic rings. The Morgan fingerprint density at radius 2 is 1.97 bits per heavy atom. The largest absolute Gasteiger partial charge is 0.325 e. The van der Waals surface area contributed by atoms with E-state index in [0.29, 0.717) is 16.8 Å². The van der Waals surface area contributed by atoms with Gasteiger partial charge in [-0.2, -0.15) is 5.26 Å². The molecule has 1 heterocycles. The lowest BCUT2D eigenvalue weighted by Gasteiger charge is -2.23. The van der Waals surface area contributed by atoms with Gasteiger partial charge in [-0.15, -0.1) is 0 Å². The Labute approximate surface area is 168 Å². The van der Waals surface area contributed by atoms with Gasteiger partial charge >= 0.3 is 6.03 Å². The first-order valence-corrected chi connectivity index (χ1v) is 9.48. The number of fused-ring (bicyclic) bond motifs is 1. The van der Waals surface area contributed by atoms with E-state index in [1.807, 2.05) is 24.3 Å². The molecule has 7 heteroatoms. The summed E-state index contributed by atoms with van der Waals surface area (Å²) < 4.78 is 0. The van der Waals surface area contributed by atoms with Crippen molar-refractivity contribution in [1.29, 1.82) is 5.26 Å². The Kier molecular flexibility index (Phi) is 4.55. The molecule has 0 aromatic heterocycles. The maximum absolute atomic E-state index is 13.1. The summed E-state index contributed by atoms with van der Waals surface area (Å²) in [7, 11) is 0. The Bertz CT molecular complexity index is 1070. The number of anilines is 1. The molecule has 7 nitrogen and oxygen atoms in total. The molecule has 1 fully saturated rings. The van der Waals surface area contributed by atoms with Crippen molar-refractivity contribution in [1.82, 2.24) is 10.2 Å². The van der Waals surface area contributed by atoms with Gasteiger partial charge in [0.05, 0.1) is 11.3 Å². The van der Waals surface area contributed by atoms with Crippen LogP contribution in [0.15, 0.2) is 42.5 Å². The Hall–Kier alpha value is -3.66. The zero-order valence-corrected chi connectivity index (χ0v) is 16.0. The van der Waals surface area contributed by atoms with Crippen LogP contribution in [-0.2, 0) is 28.0 Å². The zero-order chi connectivity index (χ0) is 20.6. The molecule has 4 rings (SSSR count). The number of aryl methyl sites for hydroxylation is 2. The molecular formula is C22H20N4O3. The molecule has 2 aromatic rings. The van der Waals surface area contributed by atoms with Gasteiger partial charge in [-0.1, -0.05) is 30.3 Å². The van der Waals surface area contributed by atoms with Crippen LogP contribution in [0.4, 0.5) is 10.5 Å². The van der Waals surface area contributed by atoms with Crippen LogP contribution in [0.3, 0.4) is 0 Å². The van der Waals surface area contributed by atoms with Gasteiger partial charge in [0.25, 0.3) is 5.91 Å². The second kappa shape index (κ2) is 7.06. The summed E-state index contributed by atoms with van der Waals surface area (Å²) in [5, 5.41) is 14.5. The van der Waals surface area contributed by atoms with Gasteiger partial charge in [-0.05, 0) is 55.0 Å². The van der Waals surface area contributed by atoms with Gasteiger partial charge in [-0.25, -0.2) is 4.79 Å². The average molecular weight is 388 g/mol. The summed E-state index contributed by atoms with van der Waals surface area (Å²) in [6, 6.07) is 13.8. The monoisotopic (exact) mass is 388 g/mol. The third-order valence-electron chi connectivity index (χ3n) is 5.57. The molecule has 0 unspecified atom stereocenters. The molecule has 29 heavy (non-hydrogen) atoms. The van der Waals surface area contributed by atoms with Crippen LogP contribution >= 0.6 is 0 Å². The first-order chi connectivity index (χ1) is 13.9. The highest BCUT2D eigenvalue weighted by atomic mass is 16.2. The molecule has 0 saturated carbocycles. The molecular weight excluding hydrogens is 368 g/mol. The number of urea groups is 1. The number of carbonyl (C=O) groups excluding carboxylic acids is 3. The van der Waals surface area contributed by atoms with E-state index in [1.54, 1.807) is 31.2 Å². The fourth-order valence-electron chi connectivity index (χ4n) is 3.94. The highest BCUT2D eigenvalue weighted by molar-refractivity contribution is 6.10. The summed E-state index contributed by atoms with van der Waals surface area (Å²) >= 11 is 0. The minimum atomic E-state index is -1.21. The number of rotatable bonds is 4. The minimum Gasteiger partial charge on any atom is -0.323 e. The fourth-order valence-corrected chi connectivity index (χ4v) is 3.94. The van der Waals surface area contributed by atoms with Crippen molar-refractivity contribution >= 4 is 23.5 Å². The number of carbonyl (C=O) groups is 3. The molecule has 2 aromatic carbocycles. The minimum absolute atomic E-state index is 0.307. The van der Waals surface area contributed by atoms with Crippen LogP contribution < -0.4 is 10.6 Å². The van der Waals surface area contributed by atoms with Crippen LogP contribution in [0.5, 0.6) is 0 Å². The van der Waals surface area contributed by atoms with Gasteiger partial charge in [0.1, 0.15) is 18.2 Å². The molecule has 1 aliphatic carbocycles. The van der Waals surface area contributed by atoms with E-state index in [2.05, 4.69) is 10.6 Å². The summed E-state index contributed by atoms with van der Waals surface area (Å²) in [5.74, 6) is -1.02. The first-order valence-electron chi connectivity index (χ1n) is 9.48. The number of amides is 4. The summed E-state index contributed by atoms with van der Waals surface area (Å²) in [6.07, 6.45) is 3.08. The number of imide groups is 1. The Morgan fingerprint density at radius 1 is 1.21 bits per heavy atom. The first kappa shape index (κ1) is 18.7. The maximum Gasteiger partial charge on any atom is 0.325 e.